The van der Waals surface area contributed by atoms with Gasteiger partial charge in [-0.25, -0.2) is 13.4 Å². The van der Waals surface area contributed by atoms with Crippen molar-refractivity contribution >= 4 is 21.9 Å². The summed E-state index contributed by atoms with van der Waals surface area (Å²) in [5.74, 6) is 0.802. The van der Waals surface area contributed by atoms with Gasteiger partial charge >= 0.3 is 0 Å². The Morgan fingerprint density at radius 3 is 2.32 bits per heavy atom. The Morgan fingerprint density at radius 2 is 1.65 bits per heavy atom. The molecule has 2 aromatic heterocycles. The molecule has 0 atom stereocenters. The van der Waals surface area contributed by atoms with Crippen molar-refractivity contribution in [1.29, 1.82) is 0 Å². The highest BCUT2D eigenvalue weighted by Gasteiger charge is 2.23. The molecule has 1 N–H and O–H groups in total. The second-order valence-corrected chi connectivity index (χ2v) is 8.43. The molecule has 0 radical (unpaired) electrons. The van der Waals surface area contributed by atoms with Gasteiger partial charge in [0.25, 0.3) is 15.9 Å². The highest BCUT2D eigenvalue weighted by atomic mass is 32.2. The minimum absolute atomic E-state index is 0.0156. The SMILES string of the molecule is COc1ccccc1Oc1c(NS(=O)(=O)/C=C/c2ccccc2)nc(-c2ccoc2)nc1OC. The molecule has 2 heterocycles. The van der Waals surface area contributed by atoms with Gasteiger partial charge in [-0.2, -0.15) is 4.98 Å². The fourth-order valence-electron chi connectivity index (χ4n) is 2.96. The Hall–Kier alpha value is -4.31. The van der Waals surface area contributed by atoms with Crippen LogP contribution in [0.15, 0.2) is 83.0 Å². The van der Waals surface area contributed by atoms with E-state index in [1.165, 1.54) is 32.8 Å². The number of benzene rings is 2. The molecule has 0 aliphatic heterocycles. The first-order chi connectivity index (χ1) is 16.5. The molecule has 0 aliphatic carbocycles. The van der Waals surface area contributed by atoms with Crippen LogP contribution in [0.3, 0.4) is 0 Å². The number of sulfonamides is 1. The minimum Gasteiger partial charge on any atom is -0.493 e. The second-order valence-electron chi connectivity index (χ2n) is 6.86. The number of ether oxygens (including phenoxy) is 3. The molecule has 2 aromatic carbocycles. The van der Waals surface area contributed by atoms with E-state index < -0.39 is 10.0 Å². The van der Waals surface area contributed by atoms with Crippen LogP contribution in [0, 0.1) is 0 Å². The zero-order chi connectivity index (χ0) is 24.0. The summed E-state index contributed by atoms with van der Waals surface area (Å²) in [7, 11) is -1.10. The van der Waals surface area contributed by atoms with Crippen molar-refractivity contribution in [3.05, 3.63) is 84.2 Å². The van der Waals surface area contributed by atoms with Gasteiger partial charge < -0.3 is 18.6 Å². The van der Waals surface area contributed by atoms with E-state index in [1.54, 1.807) is 42.5 Å². The summed E-state index contributed by atoms with van der Waals surface area (Å²) in [6.07, 6.45) is 4.36. The molecule has 9 nitrogen and oxygen atoms in total. The molecule has 0 fully saturated rings. The average molecular weight is 480 g/mol. The Bertz CT molecular complexity index is 1390. The van der Waals surface area contributed by atoms with Crippen LogP contribution >= 0.6 is 0 Å². The molecule has 174 valence electrons. The van der Waals surface area contributed by atoms with Crippen LogP contribution in [-0.4, -0.2) is 32.6 Å². The van der Waals surface area contributed by atoms with Gasteiger partial charge in [-0.15, -0.1) is 0 Å². The number of methoxy groups -OCH3 is 2. The molecule has 0 aliphatic rings. The summed E-state index contributed by atoms with van der Waals surface area (Å²) in [4.78, 5) is 8.73. The monoisotopic (exact) mass is 479 g/mol. The third-order valence-corrected chi connectivity index (χ3v) is 5.54. The first-order valence-corrected chi connectivity index (χ1v) is 11.6. The summed E-state index contributed by atoms with van der Waals surface area (Å²) in [5, 5.41) is 1.04. The number of rotatable bonds is 9. The van der Waals surface area contributed by atoms with Gasteiger partial charge in [-0.05, 0) is 29.8 Å². The molecule has 0 bridgehead atoms. The number of anilines is 1. The Morgan fingerprint density at radius 1 is 0.912 bits per heavy atom. The molecular weight excluding hydrogens is 458 g/mol. The van der Waals surface area contributed by atoms with Gasteiger partial charge in [0.15, 0.2) is 23.1 Å². The first kappa shape index (κ1) is 22.9. The molecule has 34 heavy (non-hydrogen) atoms. The van der Waals surface area contributed by atoms with Gasteiger partial charge in [-0.3, -0.25) is 4.72 Å². The predicted molar refractivity (Wildman–Crippen MR) is 127 cm³/mol. The smallest absolute Gasteiger partial charge is 0.263 e. The molecule has 0 amide bonds. The summed E-state index contributed by atoms with van der Waals surface area (Å²) in [5.41, 5.74) is 1.25. The number of hydrogen-bond donors (Lipinski definition) is 1. The van der Waals surface area contributed by atoms with Gasteiger partial charge in [0.05, 0.1) is 31.5 Å². The summed E-state index contributed by atoms with van der Waals surface area (Å²) in [6.45, 7) is 0. The van der Waals surface area contributed by atoms with Crippen molar-refractivity contribution < 1.29 is 27.0 Å². The first-order valence-electron chi connectivity index (χ1n) is 10.0. The van der Waals surface area contributed by atoms with Crippen molar-refractivity contribution in [2.24, 2.45) is 0 Å². The zero-order valence-corrected chi connectivity index (χ0v) is 19.2. The molecule has 0 spiro atoms. The number of nitrogens with one attached hydrogen (secondary N) is 1. The van der Waals surface area contributed by atoms with Gasteiger partial charge in [-0.1, -0.05) is 42.5 Å². The van der Waals surface area contributed by atoms with E-state index in [2.05, 4.69) is 14.7 Å². The number of furan rings is 1. The van der Waals surface area contributed by atoms with Crippen LogP contribution in [0.4, 0.5) is 5.82 Å². The molecular formula is C24H21N3O6S. The van der Waals surface area contributed by atoms with E-state index in [9.17, 15) is 8.42 Å². The lowest BCUT2D eigenvalue weighted by Gasteiger charge is -2.16. The maximum atomic E-state index is 12.9. The third-order valence-electron chi connectivity index (χ3n) is 4.57. The lowest BCUT2D eigenvalue weighted by atomic mass is 10.2. The summed E-state index contributed by atoms with van der Waals surface area (Å²) < 4.78 is 50.1. The predicted octanol–water partition coefficient (Wildman–Crippen LogP) is 4.96. The Kier molecular flexibility index (Phi) is 6.79. The van der Waals surface area contributed by atoms with Crippen LogP contribution in [0.2, 0.25) is 0 Å². The zero-order valence-electron chi connectivity index (χ0n) is 18.3. The Balaban J connectivity index is 1.78. The second kappa shape index (κ2) is 10.1. The maximum Gasteiger partial charge on any atom is 0.263 e. The topological polar surface area (TPSA) is 113 Å². The van der Waals surface area contributed by atoms with Crippen LogP contribution in [0.5, 0.6) is 23.1 Å². The van der Waals surface area contributed by atoms with Crippen LogP contribution in [0.25, 0.3) is 17.5 Å². The minimum atomic E-state index is -3.98. The Labute approximate surface area is 196 Å². The van der Waals surface area contributed by atoms with Gasteiger partial charge in [0.2, 0.25) is 5.75 Å². The molecule has 4 aromatic rings. The fraction of sp³-hybridized carbons (Fsp3) is 0.0833. The molecule has 4 rings (SSSR count). The highest BCUT2D eigenvalue weighted by molar-refractivity contribution is 7.95. The highest BCUT2D eigenvalue weighted by Crippen LogP contribution is 2.41. The van der Waals surface area contributed by atoms with Crippen molar-refractivity contribution in [3.63, 3.8) is 0 Å². The van der Waals surface area contributed by atoms with Gasteiger partial charge in [0, 0.05) is 0 Å². The normalized spacial score (nSPS) is 11.4. The summed E-state index contributed by atoms with van der Waals surface area (Å²) in [6, 6.07) is 17.6. The quantitative estimate of drug-likeness (QED) is 0.358. The van der Waals surface area contributed by atoms with Crippen LogP contribution in [0.1, 0.15) is 5.56 Å². The molecule has 0 saturated heterocycles. The summed E-state index contributed by atoms with van der Waals surface area (Å²) >= 11 is 0. The molecule has 0 unspecified atom stereocenters. The largest absolute Gasteiger partial charge is 0.493 e. The fourth-order valence-corrected chi connectivity index (χ4v) is 3.78. The van der Waals surface area contributed by atoms with E-state index in [-0.39, 0.29) is 23.3 Å². The number of para-hydroxylation sites is 2. The maximum absolute atomic E-state index is 12.9. The number of nitrogens with zero attached hydrogens (tertiary/aromatic N) is 2. The van der Waals surface area contributed by atoms with Crippen molar-refractivity contribution in [1.82, 2.24) is 9.97 Å². The van der Waals surface area contributed by atoms with Crippen LogP contribution in [-0.2, 0) is 10.0 Å². The lowest BCUT2D eigenvalue weighted by molar-refractivity contribution is 0.348. The van der Waals surface area contributed by atoms with E-state index in [4.69, 9.17) is 18.6 Å². The van der Waals surface area contributed by atoms with Gasteiger partial charge in [0.1, 0.15) is 6.26 Å². The van der Waals surface area contributed by atoms with Crippen molar-refractivity contribution in [2.45, 2.75) is 0 Å². The molecule has 0 saturated carbocycles. The number of aromatic nitrogens is 2. The van der Waals surface area contributed by atoms with E-state index in [0.29, 0.717) is 17.1 Å². The van der Waals surface area contributed by atoms with Crippen LogP contribution < -0.4 is 18.9 Å². The lowest BCUT2D eigenvalue weighted by Crippen LogP contribution is -2.13. The van der Waals surface area contributed by atoms with E-state index in [1.807, 2.05) is 18.2 Å². The molecule has 10 heteroatoms. The third kappa shape index (κ3) is 5.36. The van der Waals surface area contributed by atoms with Crippen molar-refractivity contribution in [2.75, 3.05) is 18.9 Å². The van der Waals surface area contributed by atoms with E-state index in [0.717, 1.165) is 11.0 Å². The average Bonchev–Trinajstić information content (AvgIpc) is 3.40. The van der Waals surface area contributed by atoms with E-state index >= 15 is 0 Å². The standard InChI is InChI=1S/C24H21N3O6S/c1-30-19-10-6-7-11-20(19)33-21-23(25-22(26-24(21)31-2)18-12-14-32-16-18)27-34(28,29)15-13-17-8-4-3-5-9-17/h3-16H,1-2H3,(H,25,26,27)/b15-13+. The number of hydrogen-bond acceptors (Lipinski definition) is 8. The van der Waals surface area contributed by atoms with Crippen molar-refractivity contribution in [3.8, 4) is 34.5 Å².